The van der Waals surface area contributed by atoms with Gasteiger partial charge in [-0.05, 0) is 6.08 Å². The summed E-state index contributed by atoms with van der Waals surface area (Å²) in [5, 5.41) is 0. The lowest BCUT2D eigenvalue weighted by molar-refractivity contribution is -0.898. The molecule has 4 heteroatoms. The quantitative estimate of drug-likeness (QED) is 0.332. The van der Waals surface area contributed by atoms with Crippen molar-refractivity contribution in [2.24, 2.45) is 0 Å². The number of hydrogen-bond donors (Lipinski definition) is 0. The molecule has 0 aromatic heterocycles. The summed E-state index contributed by atoms with van der Waals surface area (Å²) in [5.74, 6) is 0. The maximum absolute atomic E-state index is 3.78. The highest BCUT2D eigenvalue weighted by Crippen LogP contribution is 2.01. The Bertz CT molecular complexity index is 162. The normalized spacial score (nSPS) is 11.3. The summed E-state index contributed by atoms with van der Waals surface area (Å²) in [6, 6.07) is 0. The van der Waals surface area contributed by atoms with Crippen LogP contribution in [0.1, 0.15) is 6.42 Å². The predicted molar refractivity (Wildman–Crippen MR) is 59.6 cm³/mol. The molecular weight excluding hydrogens is 231 g/mol. The van der Waals surface area contributed by atoms with Gasteiger partial charge in [0.25, 0.3) is 0 Å². The SMILES string of the molecule is C=CC[N+](C)(C)CCC[N+](C)(C)C.[Cl-].[Cl-]. The molecule has 0 saturated heterocycles. The minimum absolute atomic E-state index is 0. The van der Waals surface area contributed by atoms with Gasteiger partial charge in [0, 0.05) is 6.42 Å². The van der Waals surface area contributed by atoms with Gasteiger partial charge in [0.05, 0.1) is 54.9 Å². The highest BCUT2D eigenvalue weighted by molar-refractivity contribution is 4.64. The van der Waals surface area contributed by atoms with Gasteiger partial charge in [-0.1, -0.05) is 6.58 Å². The molecule has 0 N–H and O–H groups in total. The highest BCUT2D eigenvalue weighted by atomic mass is 35.5. The van der Waals surface area contributed by atoms with Gasteiger partial charge < -0.3 is 33.8 Å². The third kappa shape index (κ3) is 14.2. The molecule has 0 spiro atoms. The van der Waals surface area contributed by atoms with E-state index in [4.69, 9.17) is 0 Å². The van der Waals surface area contributed by atoms with Crippen LogP contribution in [0.4, 0.5) is 0 Å². The molecule has 0 aliphatic rings. The summed E-state index contributed by atoms with van der Waals surface area (Å²) in [6.07, 6.45) is 3.29. The summed E-state index contributed by atoms with van der Waals surface area (Å²) < 4.78 is 2.12. The predicted octanol–water partition coefficient (Wildman–Crippen LogP) is -4.65. The van der Waals surface area contributed by atoms with Crippen molar-refractivity contribution < 1.29 is 33.8 Å². The smallest absolute Gasteiger partial charge is 0.0966 e. The molecular formula is C11H26Cl2N2. The second kappa shape index (κ2) is 8.40. The zero-order chi connectivity index (χ0) is 10.5. The summed E-state index contributed by atoms with van der Waals surface area (Å²) in [4.78, 5) is 0. The molecule has 0 unspecified atom stereocenters. The van der Waals surface area contributed by atoms with E-state index in [1.165, 1.54) is 19.5 Å². The van der Waals surface area contributed by atoms with E-state index in [-0.39, 0.29) is 24.8 Å². The Balaban J connectivity index is -0.000000720. The number of nitrogens with zero attached hydrogens (tertiary/aromatic N) is 2. The van der Waals surface area contributed by atoms with Crippen LogP contribution in [0.25, 0.3) is 0 Å². The van der Waals surface area contributed by atoms with Crippen molar-refractivity contribution >= 4 is 0 Å². The highest BCUT2D eigenvalue weighted by Gasteiger charge is 2.14. The van der Waals surface area contributed by atoms with Crippen molar-refractivity contribution in [1.82, 2.24) is 0 Å². The molecule has 0 amide bonds. The maximum atomic E-state index is 3.78. The first kappa shape index (κ1) is 20.6. The van der Waals surface area contributed by atoms with Gasteiger partial charge in [-0.3, -0.25) is 0 Å². The molecule has 0 atom stereocenters. The monoisotopic (exact) mass is 256 g/mol. The van der Waals surface area contributed by atoms with Crippen molar-refractivity contribution in [1.29, 1.82) is 0 Å². The zero-order valence-corrected chi connectivity index (χ0v) is 12.3. The van der Waals surface area contributed by atoms with Gasteiger partial charge in [-0.2, -0.15) is 0 Å². The van der Waals surface area contributed by atoms with Crippen LogP contribution in [0.2, 0.25) is 0 Å². The Kier molecular flexibility index (Phi) is 11.5. The van der Waals surface area contributed by atoms with Crippen molar-refractivity contribution in [2.75, 3.05) is 54.9 Å². The third-order valence-electron chi connectivity index (χ3n) is 2.22. The lowest BCUT2D eigenvalue weighted by atomic mass is 10.3. The Morgan fingerprint density at radius 1 is 0.933 bits per heavy atom. The van der Waals surface area contributed by atoms with Gasteiger partial charge in [0.1, 0.15) is 0 Å². The molecule has 0 heterocycles. The van der Waals surface area contributed by atoms with Crippen molar-refractivity contribution in [3.05, 3.63) is 12.7 Å². The molecule has 0 aliphatic heterocycles. The van der Waals surface area contributed by atoms with Crippen molar-refractivity contribution in [3.8, 4) is 0 Å². The van der Waals surface area contributed by atoms with Crippen molar-refractivity contribution in [2.45, 2.75) is 6.42 Å². The number of quaternary nitrogens is 2. The van der Waals surface area contributed by atoms with Crippen LogP contribution >= 0.6 is 0 Å². The third-order valence-corrected chi connectivity index (χ3v) is 2.22. The first-order chi connectivity index (χ1) is 5.77. The van der Waals surface area contributed by atoms with E-state index in [1.807, 2.05) is 6.08 Å². The van der Waals surface area contributed by atoms with Gasteiger partial charge in [-0.25, -0.2) is 0 Å². The Labute approximate surface area is 108 Å². The second-order valence-electron chi connectivity index (χ2n) is 5.50. The van der Waals surface area contributed by atoms with Crippen LogP contribution in [0.5, 0.6) is 0 Å². The van der Waals surface area contributed by atoms with Crippen LogP contribution in [0.15, 0.2) is 12.7 Å². The van der Waals surface area contributed by atoms with Crippen LogP contribution in [0.3, 0.4) is 0 Å². The maximum Gasteiger partial charge on any atom is 0.0966 e. The van der Waals surface area contributed by atoms with E-state index in [0.29, 0.717) is 0 Å². The van der Waals surface area contributed by atoms with E-state index in [2.05, 4.69) is 41.8 Å². The summed E-state index contributed by atoms with van der Waals surface area (Å²) in [7, 11) is 11.3. The second-order valence-corrected chi connectivity index (χ2v) is 5.50. The Hall–Kier alpha value is 0.240. The van der Waals surface area contributed by atoms with E-state index in [1.54, 1.807) is 0 Å². The van der Waals surface area contributed by atoms with Crippen LogP contribution < -0.4 is 24.8 Å². The molecule has 2 nitrogen and oxygen atoms in total. The topological polar surface area (TPSA) is 0 Å². The molecule has 0 bridgehead atoms. The number of likely N-dealkylation sites (N-methyl/N-ethyl adjacent to an activating group) is 1. The molecule has 0 aliphatic carbocycles. The largest absolute Gasteiger partial charge is 1.00 e. The van der Waals surface area contributed by atoms with Crippen LogP contribution in [-0.2, 0) is 0 Å². The van der Waals surface area contributed by atoms with E-state index < -0.39 is 0 Å². The number of rotatable bonds is 6. The molecule has 0 radical (unpaired) electrons. The van der Waals surface area contributed by atoms with E-state index >= 15 is 0 Å². The molecule has 0 aromatic carbocycles. The first-order valence-corrected chi connectivity index (χ1v) is 5.00. The van der Waals surface area contributed by atoms with Crippen LogP contribution in [-0.4, -0.2) is 63.8 Å². The van der Waals surface area contributed by atoms with E-state index in [0.717, 1.165) is 15.5 Å². The van der Waals surface area contributed by atoms with E-state index in [9.17, 15) is 0 Å². The fraction of sp³-hybridized carbons (Fsp3) is 0.818. The van der Waals surface area contributed by atoms with Gasteiger partial charge in [-0.15, -0.1) is 0 Å². The minimum Gasteiger partial charge on any atom is -1.00 e. The zero-order valence-electron chi connectivity index (χ0n) is 10.8. The Morgan fingerprint density at radius 2 is 1.40 bits per heavy atom. The molecule has 0 aromatic rings. The van der Waals surface area contributed by atoms with Crippen LogP contribution in [0, 0.1) is 0 Å². The number of halogens is 2. The average Bonchev–Trinajstić information content (AvgIpc) is 1.82. The van der Waals surface area contributed by atoms with Gasteiger partial charge >= 0.3 is 0 Å². The molecule has 94 valence electrons. The molecule has 0 rings (SSSR count). The lowest BCUT2D eigenvalue weighted by Gasteiger charge is -2.30. The van der Waals surface area contributed by atoms with Gasteiger partial charge in [0.2, 0.25) is 0 Å². The first-order valence-electron chi connectivity index (χ1n) is 5.00. The standard InChI is InChI=1S/C11H26N2.2ClH/c1-7-9-13(5,6)11-8-10-12(2,3)4;;/h7H,1,8-11H2,2-6H3;2*1H/q+2;;/p-2. The Morgan fingerprint density at radius 3 is 1.73 bits per heavy atom. The minimum atomic E-state index is 0. The van der Waals surface area contributed by atoms with Crippen molar-refractivity contribution in [3.63, 3.8) is 0 Å². The lowest BCUT2D eigenvalue weighted by Crippen LogP contribution is -3.00. The summed E-state index contributed by atoms with van der Waals surface area (Å²) in [5.41, 5.74) is 0. The molecule has 0 fully saturated rings. The average molecular weight is 257 g/mol. The van der Waals surface area contributed by atoms with Gasteiger partial charge in [0.15, 0.2) is 0 Å². The fourth-order valence-corrected chi connectivity index (χ4v) is 1.41. The number of hydrogen-bond acceptors (Lipinski definition) is 0. The molecule has 15 heavy (non-hydrogen) atoms. The summed E-state index contributed by atoms with van der Waals surface area (Å²) >= 11 is 0. The molecule has 0 saturated carbocycles. The summed E-state index contributed by atoms with van der Waals surface area (Å²) in [6.45, 7) is 7.34. The fourth-order valence-electron chi connectivity index (χ4n) is 1.41.